The molecule has 12 heavy (non-hydrogen) atoms. The average Bonchev–Trinajstić information content (AvgIpc) is 2.03. The molecule has 0 aromatic rings. The van der Waals surface area contributed by atoms with E-state index in [1.807, 2.05) is 0 Å². The molecule has 2 nitrogen and oxygen atoms in total. The summed E-state index contributed by atoms with van der Waals surface area (Å²) in [5.41, 5.74) is 0.198. The minimum absolute atomic E-state index is 0.0306. The molecule has 1 atom stereocenters. The van der Waals surface area contributed by atoms with Crippen molar-refractivity contribution in [2.45, 2.75) is 39.9 Å². The van der Waals surface area contributed by atoms with Gasteiger partial charge in [0.1, 0.15) is 0 Å². The van der Waals surface area contributed by atoms with E-state index in [1.165, 1.54) is 0 Å². The van der Waals surface area contributed by atoms with Crippen LogP contribution >= 0.6 is 0 Å². The quantitative estimate of drug-likeness (QED) is 0.592. The van der Waals surface area contributed by atoms with Gasteiger partial charge < -0.3 is 9.31 Å². The molecule has 0 aromatic heterocycles. The molecule has 1 unspecified atom stereocenters. The normalized spacial score (nSPS) is 25.5. The van der Waals surface area contributed by atoms with Gasteiger partial charge >= 0.3 is 7.12 Å². The fourth-order valence-corrected chi connectivity index (χ4v) is 1.23. The van der Waals surface area contributed by atoms with Crippen LogP contribution in [0, 0.1) is 5.41 Å². The van der Waals surface area contributed by atoms with E-state index in [0.717, 1.165) is 19.6 Å². The van der Waals surface area contributed by atoms with Crippen molar-refractivity contribution >= 4 is 7.12 Å². The lowest BCUT2D eigenvalue weighted by Gasteiger charge is -2.34. The number of hydrogen-bond donors (Lipinski definition) is 0. The van der Waals surface area contributed by atoms with Crippen LogP contribution in [-0.4, -0.2) is 20.3 Å². The summed E-state index contributed by atoms with van der Waals surface area (Å²) in [5, 5.41) is 0. The van der Waals surface area contributed by atoms with E-state index >= 15 is 0 Å². The smallest absolute Gasteiger partial charge is 0.410 e. The van der Waals surface area contributed by atoms with Crippen molar-refractivity contribution in [1.82, 2.24) is 0 Å². The van der Waals surface area contributed by atoms with E-state index in [9.17, 15) is 0 Å². The summed E-state index contributed by atoms with van der Waals surface area (Å²) < 4.78 is 11.2. The van der Waals surface area contributed by atoms with Crippen molar-refractivity contribution < 1.29 is 9.31 Å². The first-order valence-electron chi connectivity index (χ1n) is 4.78. The van der Waals surface area contributed by atoms with Crippen molar-refractivity contribution in [1.29, 1.82) is 0 Å². The Balaban J connectivity index is 2.36. The van der Waals surface area contributed by atoms with Crippen LogP contribution in [0.4, 0.5) is 0 Å². The zero-order chi connectivity index (χ0) is 9.19. The average molecular weight is 170 g/mol. The second kappa shape index (κ2) is 3.80. The molecule has 0 bridgehead atoms. The first-order chi connectivity index (χ1) is 5.55. The molecule has 0 aliphatic carbocycles. The van der Waals surface area contributed by atoms with Crippen molar-refractivity contribution in [3.8, 4) is 0 Å². The lowest BCUT2D eigenvalue weighted by Crippen LogP contribution is -2.42. The highest BCUT2D eigenvalue weighted by atomic mass is 16.6. The summed E-state index contributed by atoms with van der Waals surface area (Å²) in [4.78, 5) is 0. The summed E-state index contributed by atoms with van der Waals surface area (Å²) in [5.74, 6) is 0.515. The van der Waals surface area contributed by atoms with Crippen LogP contribution in [0.15, 0.2) is 0 Å². The van der Waals surface area contributed by atoms with Gasteiger partial charge in [0, 0.05) is 18.6 Å². The van der Waals surface area contributed by atoms with E-state index in [-0.39, 0.29) is 12.5 Å². The molecule has 0 radical (unpaired) electrons. The van der Waals surface area contributed by atoms with Gasteiger partial charge in [-0.05, 0) is 5.82 Å². The molecule has 3 heteroatoms. The summed E-state index contributed by atoms with van der Waals surface area (Å²) >= 11 is 0. The Morgan fingerprint density at radius 3 is 2.25 bits per heavy atom. The molecule has 1 fully saturated rings. The molecular formula is C9H19BO2. The number of hydrogen-bond acceptors (Lipinski definition) is 2. The highest BCUT2D eigenvalue weighted by Gasteiger charge is 2.34. The summed E-state index contributed by atoms with van der Waals surface area (Å²) in [6, 6.07) is 0. The van der Waals surface area contributed by atoms with E-state index in [4.69, 9.17) is 9.31 Å². The molecule has 0 amide bonds. The molecule has 0 aromatic carbocycles. The predicted molar refractivity (Wildman–Crippen MR) is 51.2 cm³/mol. The molecule has 0 saturated carbocycles. The van der Waals surface area contributed by atoms with Crippen LogP contribution in [0.5, 0.6) is 0 Å². The van der Waals surface area contributed by atoms with Crippen LogP contribution < -0.4 is 0 Å². The Kier molecular flexibility index (Phi) is 3.19. The lowest BCUT2D eigenvalue weighted by molar-refractivity contribution is 0.0244. The summed E-state index contributed by atoms with van der Waals surface area (Å²) in [6.07, 6.45) is 1.12. The van der Waals surface area contributed by atoms with Gasteiger partial charge in [-0.2, -0.15) is 0 Å². The van der Waals surface area contributed by atoms with Gasteiger partial charge in [0.15, 0.2) is 0 Å². The highest BCUT2D eigenvalue weighted by Crippen LogP contribution is 2.26. The molecule has 1 aliphatic rings. The first-order valence-corrected chi connectivity index (χ1v) is 4.78. The zero-order valence-corrected chi connectivity index (χ0v) is 8.59. The van der Waals surface area contributed by atoms with Gasteiger partial charge in [0.2, 0.25) is 0 Å². The third-order valence-corrected chi connectivity index (χ3v) is 2.39. The zero-order valence-electron chi connectivity index (χ0n) is 8.59. The standard InChI is InChI=1S/C9H19BO2/c1-5-8(2)10-11-6-9(3,4)7-12-10/h8H,5-7H2,1-4H3. The molecular weight excluding hydrogens is 151 g/mol. The van der Waals surface area contributed by atoms with Crippen LogP contribution in [0.3, 0.4) is 0 Å². The largest absolute Gasteiger partial charge is 0.459 e. The van der Waals surface area contributed by atoms with Gasteiger partial charge in [-0.3, -0.25) is 0 Å². The van der Waals surface area contributed by atoms with Gasteiger partial charge in [-0.1, -0.05) is 34.1 Å². The minimum Gasteiger partial charge on any atom is -0.410 e. The van der Waals surface area contributed by atoms with E-state index in [1.54, 1.807) is 0 Å². The molecule has 1 heterocycles. The Morgan fingerprint density at radius 2 is 1.83 bits per heavy atom. The summed E-state index contributed by atoms with van der Waals surface area (Å²) in [6.45, 7) is 10.3. The second-order valence-electron chi connectivity index (χ2n) is 4.54. The van der Waals surface area contributed by atoms with Gasteiger partial charge in [-0.25, -0.2) is 0 Å². The lowest BCUT2D eigenvalue weighted by atomic mass is 9.69. The van der Waals surface area contributed by atoms with Gasteiger partial charge in [0.05, 0.1) is 0 Å². The number of rotatable bonds is 2. The molecule has 70 valence electrons. The van der Waals surface area contributed by atoms with Crippen LogP contribution in [0.25, 0.3) is 0 Å². The van der Waals surface area contributed by atoms with Crippen LogP contribution in [0.1, 0.15) is 34.1 Å². The third kappa shape index (κ3) is 2.49. The highest BCUT2D eigenvalue weighted by molar-refractivity contribution is 6.46. The third-order valence-electron chi connectivity index (χ3n) is 2.39. The van der Waals surface area contributed by atoms with Crippen molar-refractivity contribution in [2.75, 3.05) is 13.2 Å². The van der Waals surface area contributed by atoms with Crippen molar-refractivity contribution in [2.24, 2.45) is 5.41 Å². The van der Waals surface area contributed by atoms with Crippen molar-refractivity contribution in [3.05, 3.63) is 0 Å². The fraction of sp³-hybridized carbons (Fsp3) is 1.00. The van der Waals surface area contributed by atoms with Crippen molar-refractivity contribution in [3.63, 3.8) is 0 Å². The molecule has 1 saturated heterocycles. The van der Waals surface area contributed by atoms with E-state index in [2.05, 4.69) is 27.7 Å². The molecule has 1 aliphatic heterocycles. The monoisotopic (exact) mass is 170 g/mol. The van der Waals surface area contributed by atoms with Gasteiger partial charge in [0.25, 0.3) is 0 Å². The molecule has 0 spiro atoms. The maximum absolute atomic E-state index is 5.62. The molecule has 0 N–H and O–H groups in total. The van der Waals surface area contributed by atoms with Crippen LogP contribution in [-0.2, 0) is 9.31 Å². The predicted octanol–water partition coefficient (Wildman–Crippen LogP) is 2.35. The SMILES string of the molecule is CCC(C)B1OCC(C)(C)CO1. The first kappa shape index (κ1) is 10.1. The Labute approximate surface area is 75.8 Å². The maximum atomic E-state index is 5.62. The van der Waals surface area contributed by atoms with E-state index < -0.39 is 0 Å². The maximum Gasteiger partial charge on any atom is 0.459 e. The minimum atomic E-state index is 0.0306. The molecule has 1 rings (SSSR count). The Bertz CT molecular complexity index is 137. The second-order valence-corrected chi connectivity index (χ2v) is 4.54. The topological polar surface area (TPSA) is 18.5 Å². The van der Waals surface area contributed by atoms with Crippen LogP contribution in [0.2, 0.25) is 5.82 Å². The van der Waals surface area contributed by atoms with Gasteiger partial charge in [-0.15, -0.1) is 0 Å². The fourth-order valence-electron chi connectivity index (χ4n) is 1.23. The Hall–Kier alpha value is -0.0151. The van der Waals surface area contributed by atoms with E-state index in [0.29, 0.717) is 5.82 Å². The Morgan fingerprint density at radius 1 is 1.33 bits per heavy atom. The summed E-state index contributed by atoms with van der Waals surface area (Å²) in [7, 11) is 0.0306.